The molecule has 0 saturated carbocycles. The van der Waals surface area contributed by atoms with Crippen molar-refractivity contribution in [1.29, 1.82) is 0 Å². The third-order valence-electron chi connectivity index (χ3n) is 20.1. The molecule has 0 aromatic heterocycles. The van der Waals surface area contributed by atoms with Gasteiger partial charge in [0.25, 0.3) is 0 Å². The number of imide groups is 4. The molecular formula is C85H151N7O31S4. The maximum absolute atomic E-state index is 13.0. The van der Waals surface area contributed by atoms with Gasteiger partial charge in [-0.25, -0.2) is 0 Å². The van der Waals surface area contributed by atoms with Gasteiger partial charge < -0.3 is 101 Å². The highest BCUT2D eigenvalue weighted by Gasteiger charge is 2.41. The van der Waals surface area contributed by atoms with Crippen LogP contribution in [0.1, 0.15) is 148 Å². The van der Waals surface area contributed by atoms with Gasteiger partial charge in [0.1, 0.15) is 56.5 Å². The Morgan fingerprint density at radius 1 is 0.370 bits per heavy atom. The molecule has 4 saturated heterocycles. The quantitative estimate of drug-likeness (QED) is 0.0467. The molecule has 0 aromatic carbocycles. The van der Waals surface area contributed by atoms with Gasteiger partial charge in [0.05, 0.1) is 133 Å². The Hall–Kier alpha value is -5.01. The summed E-state index contributed by atoms with van der Waals surface area (Å²) < 4.78 is 94.0. The number of hydrogen-bond donors (Lipinski definition) is 2. The number of Topliss-reactive ketones (excluding diaryl/α,β-unsaturated/α-hetero) is 2. The van der Waals surface area contributed by atoms with Crippen LogP contribution in [0.2, 0.25) is 0 Å². The van der Waals surface area contributed by atoms with Crippen LogP contribution in [0.25, 0.3) is 0 Å². The topological polar surface area (TPSA) is 428 Å². The smallest absolute Gasteiger partial charge is 0.244 e. The maximum atomic E-state index is 13.0. The van der Waals surface area contributed by atoms with Crippen LogP contribution in [0.3, 0.4) is 0 Å². The second-order valence-electron chi connectivity index (χ2n) is 29.8. The summed E-state index contributed by atoms with van der Waals surface area (Å²) in [6, 6.07) is -0.653. The van der Waals surface area contributed by atoms with Crippen LogP contribution in [0, 0.1) is 0 Å². The summed E-state index contributed by atoms with van der Waals surface area (Å²) in [6.45, 7) is 9.24. The lowest BCUT2D eigenvalue weighted by molar-refractivity contribution is -0.151. The molecule has 0 spiro atoms. The fourth-order valence-electron chi connectivity index (χ4n) is 12.7. The molecule has 0 bridgehead atoms. The number of nitrogens with one attached hydrogen (secondary N) is 2. The van der Waals surface area contributed by atoms with Gasteiger partial charge in [0, 0.05) is 168 Å². The van der Waals surface area contributed by atoms with Crippen LogP contribution in [0.4, 0.5) is 0 Å². The van der Waals surface area contributed by atoms with E-state index in [1.54, 1.807) is 68.9 Å². The Bertz CT molecular complexity index is 3040. The Balaban J connectivity index is 0.000000874. The second kappa shape index (κ2) is 78.5. The first-order valence-electron chi connectivity index (χ1n) is 43.4. The monoisotopic (exact) mass is 1890 g/mol. The molecule has 4 fully saturated rings. The summed E-state index contributed by atoms with van der Waals surface area (Å²) in [7, 11) is 15.8. The van der Waals surface area contributed by atoms with Crippen LogP contribution in [0.15, 0.2) is 0 Å². The number of ketones is 2. The van der Waals surface area contributed by atoms with Crippen molar-refractivity contribution < 1.29 is 148 Å². The normalized spacial score (nSPS) is 17.5. The summed E-state index contributed by atoms with van der Waals surface area (Å²) >= 11 is 5.58. The van der Waals surface area contributed by atoms with E-state index < -0.39 is 6.04 Å². The first-order chi connectivity index (χ1) is 61.4. The zero-order valence-electron chi connectivity index (χ0n) is 77.9. The summed E-state index contributed by atoms with van der Waals surface area (Å²) in [5.74, 6) is -1.55. The molecule has 0 radical (unpaired) electrons. The highest BCUT2D eigenvalue weighted by Crippen LogP contribution is 2.27. The molecule has 736 valence electrons. The van der Waals surface area contributed by atoms with Crippen molar-refractivity contribution in [2.45, 2.75) is 199 Å². The lowest BCUT2D eigenvalue weighted by Gasteiger charge is -2.22. The van der Waals surface area contributed by atoms with E-state index in [1.807, 2.05) is 25.0 Å². The van der Waals surface area contributed by atoms with Crippen molar-refractivity contribution >= 4 is 124 Å². The zero-order chi connectivity index (χ0) is 94.2. The summed E-state index contributed by atoms with van der Waals surface area (Å²) in [4.78, 5) is 165. The average Bonchev–Trinajstić information content (AvgIpc) is 1.72. The van der Waals surface area contributed by atoms with E-state index in [-0.39, 0.29) is 201 Å². The maximum Gasteiger partial charge on any atom is 0.244 e. The lowest BCUT2D eigenvalue weighted by atomic mass is 10.0. The minimum absolute atomic E-state index is 0.0178. The minimum atomic E-state index is -0.653. The highest BCUT2D eigenvalue weighted by atomic mass is 32.2. The SMILES string of the molecule is COCC(COCC(COC)OCN1C(=O)CC(SC)C1=O)OC.COCC(COCC(COCN1C(=O)CC(SC)C1=O)OC)OC.COCCOCCCC(=O)CCCCCC(NC(=O)CCCOCCOC)C(=O)NCCCCCN1C(=O)CC(SC)C1=O.COCCOCCCN(CC(=O)CCCCCCN1C(=O)CC(SC)C1=O)C(=O)CCOCOC. The van der Waals surface area contributed by atoms with Crippen LogP contribution in [-0.4, -0.2) is 421 Å². The van der Waals surface area contributed by atoms with Gasteiger partial charge >= 0.3 is 0 Å². The second-order valence-corrected chi connectivity index (χ2v) is 34.0. The molecule has 42 heteroatoms. The van der Waals surface area contributed by atoms with Gasteiger partial charge in [-0.1, -0.05) is 25.7 Å². The molecular weight excluding hydrogens is 1740 g/mol. The van der Waals surface area contributed by atoms with E-state index in [9.17, 15) is 62.3 Å². The number of amides is 11. The van der Waals surface area contributed by atoms with E-state index >= 15 is 0 Å². The van der Waals surface area contributed by atoms with Crippen molar-refractivity contribution in [1.82, 2.24) is 35.1 Å². The van der Waals surface area contributed by atoms with Gasteiger partial charge in [-0.2, -0.15) is 47.0 Å². The predicted octanol–water partition coefficient (Wildman–Crippen LogP) is 4.83. The number of rotatable bonds is 77. The van der Waals surface area contributed by atoms with Gasteiger partial charge in [-0.15, -0.1) is 0 Å². The van der Waals surface area contributed by atoms with Crippen molar-refractivity contribution in [2.75, 3.05) is 268 Å². The number of carbonyl (C=O) groups excluding carboxylic acids is 13. The molecule has 4 aliphatic rings. The summed E-state index contributed by atoms with van der Waals surface area (Å²) in [6.07, 6.45) is 19.0. The zero-order valence-corrected chi connectivity index (χ0v) is 81.1. The third kappa shape index (κ3) is 54.7. The van der Waals surface area contributed by atoms with E-state index in [0.29, 0.717) is 202 Å². The number of thioether (sulfide) groups is 4. The van der Waals surface area contributed by atoms with Crippen LogP contribution in [0.5, 0.6) is 0 Å². The molecule has 9 unspecified atom stereocenters. The van der Waals surface area contributed by atoms with Gasteiger partial charge in [0.15, 0.2) is 5.78 Å². The van der Waals surface area contributed by atoms with Crippen molar-refractivity contribution in [2.24, 2.45) is 0 Å². The number of nitrogens with zero attached hydrogens (tertiary/aromatic N) is 5. The minimum Gasteiger partial charge on any atom is -0.382 e. The number of methoxy groups -OCH3 is 10. The number of likely N-dealkylation sites (tertiary alicyclic amines) is 4. The van der Waals surface area contributed by atoms with Gasteiger partial charge in [0.2, 0.25) is 65.0 Å². The van der Waals surface area contributed by atoms with Crippen LogP contribution < -0.4 is 10.6 Å². The number of hydrogen-bond acceptors (Lipinski definition) is 35. The Morgan fingerprint density at radius 3 is 1.24 bits per heavy atom. The molecule has 0 aromatic rings. The van der Waals surface area contributed by atoms with E-state index in [1.165, 1.54) is 64.0 Å². The molecule has 2 N–H and O–H groups in total. The Kier molecular flexibility index (Phi) is 74.1. The third-order valence-corrected chi connectivity index (χ3v) is 23.8. The van der Waals surface area contributed by atoms with E-state index in [4.69, 9.17) is 85.3 Å². The van der Waals surface area contributed by atoms with Crippen molar-refractivity contribution in [3.63, 3.8) is 0 Å². The molecule has 9 atom stereocenters. The highest BCUT2D eigenvalue weighted by molar-refractivity contribution is 8.00. The largest absolute Gasteiger partial charge is 0.382 e. The Labute approximate surface area is 769 Å². The molecule has 127 heavy (non-hydrogen) atoms. The first kappa shape index (κ1) is 120. The number of carbonyl (C=O) groups is 13. The number of unbranched alkanes of at least 4 members (excludes halogenated alkanes) is 7. The van der Waals surface area contributed by atoms with Crippen LogP contribution in [-0.2, 0) is 148 Å². The first-order valence-corrected chi connectivity index (χ1v) is 48.6. The molecule has 4 heterocycles. The fourth-order valence-corrected chi connectivity index (χ4v) is 15.2. The molecule has 0 aliphatic carbocycles. The molecule has 11 amide bonds. The lowest BCUT2D eigenvalue weighted by Crippen LogP contribution is -2.47. The predicted molar refractivity (Wildman–Crippen MR) is 480 cm³/mol. The Morgan fingerprint density at radius 2 is 0.772 bits per heavy atom. The standard InChI is InChI=1S/C31H55N3O9S.C24H42N2O8S.2C15H27NO7S/c1-40-20-22-42-18-10-13-25(35)12-6-4-7-14-26(33-28(36)15-11-19-43-23-21-41-2)30(38)32-16-8-5-9-17-34-29(37)24-27(44-3)31(34)39;1-31-15-16-33-13-8-11-25(22(28)10-14-34-19-32-2)18-20(27)9-6-4-5-7-12-26-23(29)17-21(35-3)24(26)30;1-19-6-11(21-3)8-22-9-12(7-20-2)23-10-16-14(17)5-13(24-4)15(16)18;1-19-6-11(20-2)7-22-8-12(21-3)9-23-10-16-14(17)5-13(24-4)15(16)18/h26-27H,4-24H2,1-3H3,(H,32,38)(H,33,36);21H,4-19H2,1-3H3;2*11-13H,5-10H2,1-4H3. The van der Waals surface area contributed by atoms with E-state index in [2.05, 4.69) is 10.6 Å². The van der Waals surface area contributed by atoms with Crippen molar-refractivity contribution in [3.8, 4) is 0 Å². The van der Waals surface area contributed by atoms with E-state index in [0.717, 1.165) is 48.3 Å². The molecule has 4 rings (SSSR count). The summed E-state index contributed by atoms with van der Waals surface area (Å²) in [5.41, 5.74) is 0. The number of ether oxygens (including phenoxy) is 18. The fraction of sp³-hybridized carbons (Fsp3) is 0.847. The van der Waals surface area contributed by atoms with Gasteiger partial charge in [-0.3, -0.25) is 81.9 Å². The molecule has 4 aliphatic heterocycles. The molecule has 38 nitrogen and oxygen atoms in total. The van der Waals surface area contributed by atoms with Gasteiger partial charge in [-0.05, 0) is 89.2 Å². The average molecular weight is 1900 g/mol. The summed E-state index contributed by atoms with van der Waals surface area (Å²) in [5, 5.41) is 4.68. The van der Waals surface area contributed by atoms with Crippen LogP contribution >= 0.6 is 47.0 Å². The van der Waals surface area contributed by atoms with Crippen molar-refractivity contribution in [3.05, 3.63) is 0 Å².